The number of hydrogen-bond donors (Lipinski definition) is 3. The molecule has 1 aliphatic carbocycles. The zero-order valence-electron chi connectivity index (χ0n) is 33.6. The van der Waals surface area contributed by atoms with Crippen LogP contribution in [-0.2, 0) is 6.42 Å². The summed E-state index contributed by atoms with van der Waals surface area (Å²) in [5, 5.41) is 32.1. The van der Waals surface area contributed by atoms with Crippen molar-refractivity contribution >= 4 is 16.7 Å². The molecular formula is C47H59ClN2O4. The van der Waals surface area contributed by atoms with Crippen molar-refractivity contribution in [3.05, 3.63) is 136 Å². The van der Waals surface area contributed by atoms with Crippen molar-refractivity contribution in [3.63, 3.8) is 0 Å². The van der Waals surface area contributed by atoms with E-state index in [1.54, 1.807) is 18.2 Å². The van der Waals surface area contributed by atoms with Gasteiger partial charge < -0.3 is 37.0 Å². The lowest BCUT2D eigenvalue weighted by molar-refractivity contribution is -0.0000148. The SMILES string of the molecule is CCC(c1ccc(C)cc1O)c1ccc(N(CC)CC)cc1O.CCc1c2ccc(=[N+](CC)CC)cc-2oc2cc(C)ccc12.Cc1cccc(O)c1.[Cl-]. The molecule has 288 valence electrons. The number of aryl methyl sites for hydroxylation is 4. The predicted octanol–water partition coefficient (Wildman–Crippen LogP) is 7.72. The largest absolute Gasteiger partial charge is 1.00 e. The minimum atomic E-state index is -0.0126. The van der Waals surface area contributed by atoms with Crippen LogP contribution in [0.1, 0.15) is 87.3 Å². The van der Waals surface area contributed by atoms with Crippen molar-refractivity contribution in [2.45, 2.75) is 81.1 Å². The second kappa shape index (κ2) is 20.5. The van der Waals surface area contributed by atoms with Crippen molar-refractivity contribution in [2.75, 3.05) is 31.1 Å². The molecule has 4 aromatic carbocycles. The Morgan fingerprint density at radius 3 is 1.80 bits per heavy atom. The third kappa shape index (κ3) is 10.6. The van der Waals surface area contributed by atoms with Gasteiger partial charge >= 0.3 is 0 Å². The molecule has 0 spiro atoms. The molecule has 2 aliphatic rings. The van der Waals surface area contributed by atoms with Crippen LogP contribution in [0.25, 0.3) is 22.3 Å². The first-order valence-electron chi connectivity index (χ1n) is 19.1. The molecule has 3 N–H and O–H groups in total. The number of phenols is 3. The van der Waals surface area contributed by atoms with Crippen LogP contribution in [0.4, 0.5) is 5.69 Å². The van der Waals surface area contributed by atoms with E-state index in [1.165, 1.54) is 27.4 Å². The Morgan fingerprint density at radius 1 is 0.648 bits per heavy atom. The summed E-state index contributed by atoms with van der Waals surface area (Å²) in [6.07, 6.45) is 1.83. The lowest BCUT2D eigenvalue weighted by Crippen LogP contribution is -3.00. The third-order valence-electron chi connectivity index (χ3n) is 9.94. The summed E-state index contributed by atoms with van der Waals surface area (Å²) in [6.45, 7) is 22.7. The number of aromatic hydroxyl groups is 3. The number of rotatable bonds is 9. The van der Waals surface area contributed by atoms with Gasteiger partial charge in [-0.05, 0) is 120 Å². The molecule has 4 aromatic rings. The van der Waals surface area contributed by atoms with Gasteiger partial charge in [0.15, 0.2) is 0 Å². The number of hydrogen-bond acceptors (Lipinski definition) is 5. The monoisotopic (exact) mass is 750 g/mol. The highest BCUT2D eigenvalue weighted by atomic mass is 35.5. The zero-order chi connectivity index (χ0) is 38.7. The van der Waals surface area contributed by atoms with Crippen molar-refractivity contribution in [1.29, 1.82) is 0 Å². The van der Waals surface area contributed by atoms with Crippen molar-refractivity contribution < 1.29 is 32.1 Å². The molecule has 0 amide bonds. The first-order valence-corrected chi connectivity index (χ1v) is 19.1. The van der Waals surface area contributed by atoms with Crippen molar-refractivity contribution in [2.24, 2.45) is 0 Å². The standard InChI is InChI=1S/C20H27NO2.C20H24NO.C7H8O.ClH/c1-5-16(17-10-8-14(4)12-19(17)22)18-11-9-15(13-20(18)23)21(6-2)7-3;1-5-16-17-10-8-14(4)12-19(17)22-20-13-15(9-11-18(16)20)21(6-2)7-3;1-6-3-2-4-7(8)5-6;/h8-13,16,22-23H,5-7H2,1-4H3;8-13H,5-7H2,1-4H3;2-5,8H,1H3;1H/q;+1;;/p-1. The second-order valence-electron chi connectivity index (χ2n) is 13.6. The first kappa shape index (κ1) is 43.5. The molecule has 0 saturated heterocycles. The van der Waals surface area contributed by atoms with Crippen LogP contribution in [0, 0.1) is 20.8 Å². The van der Waals surface area contributed by atoms with E-state index in [2.05, 4.69) is 100 Å². The molecule has 0 bridgehead atoms. The molecule has 7 heteroatoms. The van der Waals surface area contributed by atoms with Gasteiger partial charge in [-0.25, -0.2) is 4.58 Å². The fourth-order valence-electron chi connectivity index (χ4n) is 7.03. The summed E-state index contributed by atoms with van der Waals surface area (Å²) in [7, 11) is 0. The van der Waals surface area contributed by atoms with Crippen molar-refractivity contribution in [1.82, 2.24) is 4.58 Å². The zero-order valence-corrected chi connectivity index (χ0v) is 34.3. The highest BCUT2D eigenvalue weighted by molar-refractivity contribution is 5.88. The van der Waals surface area contributed by atoms with Gasteiger partial charge in [-0.15, -0.1) is 0 Å². The lowest BCUT2D eigenvalue weighted by Gasteiger charge is -2.24. The number of anilines is 1. The summed E-state index contributed by atoms with van der Waals surface area (Å²) in [6, 6.07) is 31.8. The molecule has 1 atom stereocenters. The molecule has 0 aromatic heterocycles. The van der Waals surface area contributed by atoms with Gasteiger partial charge in [-0.3, -0.25) is 0 Å². The highest BCUT2D eigenvalue weighted by Gasteiger charge is 2.20. The maximum Gasteiger partial charge on any atom is 0.203 e. The van der Waals surface area contributed by atoms with Gasteiger partial charge in [-0.1, -0.05) is 56.3 Å². The fraction of sp³-hybridized carbons (Fsp3) is 0.340. The van der Waals surface area contributed by atoms with E-state index in [-0.39, 0.29) is 18.3 Å². The number of halogens is 1. The van der Waals surface area contributed by atoms with Gasteiger partial charge in [0.05, 0.1) is 6.07 Å². The van der Waals surface area contributed by atoms with E-state index in [1.807, 2.05) is 50.2 Å². The Morgan fingerprint density at radius 2 is 1.26 bits per heavy atom. The lowest BCUT2D eigenvalue weighted by atomic mass is 9.87. The van der Waals surface area contributed by atoms with E-state index in [0.717, 1.165) is 78.3 Å². The number of nitrogens with zero attached hydrogens (tertiary/aromatic N) is 2. The van der Waals surface area contributed by atoms with E-state index < -0.39 is 0 Å². The van der Waals surface area contributed by atoms with Crippen LogP contribution in [-0.4, -0.2) is 41.5 Å². The Hall–Kier alpha value is -4.94. The van der Waals surface area contributed by atoms with Gasteiger partial charge in [0.2, 0.25) is 5.36 Å². The number of benzene rings is 5. The van der Waals surface area contributed by atoms with Gasteiger partial charge in [0.25, 0.3) is 0 Å². The Balaban J connectivity index is 0.000000238. The van der Waals surface area contributed by atoms with Gasteiger partial charge in [0, 0.05) is 58.9 Å². The van der Waals surface area contributed by atoms with Crippen LogP contribution in [0.3, 0.4) is 0 Å². The molecule has 0 fully saturated rings. The predicted molar refractivity (Wildman–Crippen MR) is 223 cm³/mol. The second-order valence-corrected chi connectivity index (χ2v) is 13.6. The minimum Gasteiger partial charge on any atom is -1.00 e. The van der Waals surface area contributed by atoms with Crippen LogP contribution in [0.15, 0.2) is 101 Å². The number of fused-ring (bicyclic) bond motifs is 2. The average Bonchev–Trinajstić information content (AvgIpc) is 3.14. The fourth-order valence-corrected chi connectivity index (χ4v) is 7.03. The number of phenolic OH excluding ortho intramolecular Hbond substituents is 3. The van der Waals surface area contributed by atoms with Gasteiger partial charge in [0.1, 0.15) is 41.7 Å². The Bertz CT molecular complexity index is 2130. The maximum absolute atomic E-state index is 10.5. The molecule has 6 rings (SSSR count). The van der Waals surface area contributed by atoms with E-state index in [4.69, 9.17) is 9.52 Å². The summed E-state index contributed by atoms with van der Waals surface area (Å²) < 4.78 is 8.57. The minimum absolute atomic E-state index is 0. The third-order valence-corrected chi connectivity index (χ3v) is 9.94. The van der Waals surface area contributed by atoms with Crippen molar-refractivity contribution in [3.8, 4) is 28.6 Å². The molecule has 0 radical (unpaired) electrons. The van der Waals surface area contributed by atoms with E-state index in [9.17, 15) is 10.2 Å². The molecule has 6 nitrogen and oxygen atoms in total. The molecule has 1 aliphatic heterocycles. The summed E-state index contributed by atoms with van der Waals surface area (Å²) in [4.78, 5) is 2.20. The first-order chi connectivity index (χ1) is 25.5. The molecule has 1 unspecified atom stereocenters. The summed E-state index contributed by atoms with van der Waals surface area (Å²) in [5.74, 6) is 1.90. The van der Waals surface area contributed by atoms with Gasteiger partial charge in [-0.2, -0.15) is 0 Å². The van der Waals surface area contributed by atoms with Crippen LogP contribution in [0.2, 0.25) is 0 Å². The quantitative estimate of drug-likeness (QED) is 0.104. The Kier molecular flexibility index (Phi) is 16.5. The van der Waals surface area contributed by atoms with Crippen LogP contribution < -0.4 is 27.2 Å². The molecule has 1 heterocycles. The highest BCUT2D eigenvalue weighted by Crippen LogP contribution is 2.39. The molecular weight excluding hydrogens is 692 g/mol. The summed E-state index contributed by atoms with van der Waals surface area (Å²) >= 11 is 0. The average molecular weight is 751 g/mol. The van der Waals surface area contributed by atoms with E-state index in [0.29, 0.717) is 17.2 Å². The van der Waals surface area contributed by atoms with E-state index >= 15 is 0 Å². The normalized spacial score (nSPS) is 11.1. The smallest absolute Gasteiger partial charge is 0.203 e. The molecule has 54 heavy (non-hydrogen) atoms. The topological polar surface area (TPSA) is 80.1 Å². The van der Waals surface area contributed by atoms with Crippen LogP contribution in [0.5, 0.6) is 17.2 Å². The maximum atomic E-state index is 10.5. The molecule has 0 saturated carbocycles. The summed E-state index contributed by atoms with van der Waals surface area (Å²) in [5.41, 5.74) is 9.70. The van der Waals surface area contributed by atoms with Crippen LogP contribution >= 0.6 is 0 Å². The Labute approximate surface area is 328 Å².